The van der Waals surface area contributed by atoms with E-state index in [-0.39, 0.29) is 6.04 Å². The molecule has 3 N–H and O–H groups in total. The van der Waals surface area contributed by atoms with E-state index in [4.69, 9.17) is 15.0 Å². The van der Waals surface area contributed by atoms with Gasteiger partial charge in [-0.1, -0.05) is 19.0 Å². The van der Waals surface area contributed by atoms with Crippen molar-refractivity contribution >= 4 is 0 Å². The zero-order valence-corrected chi connectivity index (χ0v) is 12.8. The smallest absolute Gasteiger partial charge is 0.244 e. The number of hydrogen-bond acceptors (Lipinski definition) is 6. The first-order valence-corrected chi connectivity index (χ1v) is 7.36. The molecule has 0 aromatic carbocycles. The van der Waals surface area contributed by atoms with Gasteiger partial charge in [-0.2, -0.15) is 4.98 Å². The number of H-pyrrole nitrogens is 1. The lowest BCUT2D eigenvalue weighted by Crippen LogP contribution is -2.30. The van der Waals surface area contributed by atoms with Crippen molar-refractivity contribution in [3.05, 3.63) is 29.9 Å². The van der Waals surface area contributed by atoms with E-state index in [0.29, 0.717) is 24.7 Å². The molecule has 0 aliphatic rings. The summed E-state index contributed by atoms with van der Waals surface area (Å²) in [5.74, 6) is 0.995. The minimum absolute atomic E-state index is 0.361. The molecule has 0 spiro atoms. The summed E-state index contributed by atoms with van der Waals surface area (Å²) in [7, 11) is 0. The molecule has 0 bridgehead atoms. The zero-order valence-electron chi connectivity index (χ0n) is 12.8. The number of hydrogen-bond donors (Lipinski definition) is 2. The number of nitrogens with one attached hydrogen (secondary N) is 1. The second-order valence-corrected chi connectivity index (χ2v) is 4.98. The number of imidazole rings is 1. The van der Waals surface area contributed by atoms with Crippen LogP contribution in [0, 0.1) is 0 Å². The lowest BCUT2D eigenvalue weighted by molar-refractivity contribution is -0.0583. The van der Waals surface area contributed by atoms with Gasteiger partial charge in [-0.05, 0) is 19.8 Å². The molecule has 2 rings (SSSR count). The Bertz CT molecular complexity index is 533. The predicted octanol–water partition coefficient (Wildman–Crippen LogP) is 2.09. The Labute approximate surface area is 124 Å². The summed E-state index contributed by atoms with van der Waals surface area (Å²) >= 11 is 0. The van der Waals surface area contributed by atoms with E-state index in [1.54, 1.807) is 12.5 Å². The Hall–Kier alpha value is -1.73. The van der Waals surface area contributed by atoms with E-state index in [0.717, 1.165) is 18.5 Å². The van der Waals surface area contributed by atoms with Gasteiger partial charge in [0.15, 0.2) is 0 Å². The second kappa shape index (κ2) is 6.82. The maximum Gasteiger partial charge on any atom is 0.244 e. The Kier molecular flexibility index (Phi) is 5.08. The van der Waals surface area contributed by atoms with Gasteiger partial charge < -0.3 is 20.0 Å². The van der Waals surface area contributed by atoms with Gasteiger partial charge in [-0.3, -0.25) is 0 Å². The first-order chi connectivity index (χ1) is 10.1. The van der Waals surface area contributed by atoms with Crippen LogP contribution in [0.2, 0.25) is 0 Å². The monoisotopic (exact) mass is 293 g/mol. The normalized spacial score (nSPS) is 13.5. The van der Waals surface area contributed by atoms with Crippen molar-refractivity contribution in [2.75, 3.05) is 6.61 Å². The zero-order chi connectivity index (χ0) is 15.3. The maximum atomic E-state index is 6.11. The molecule has 2 aromatic rings. The SMILES string of the molecule is CCOC(CC)(CC)c1noc([C@@H](N)Cc2cnc[nH]2)n1. The summed E-state index contributed by atoms with van der Waals surface area (Å²) in [5, 5.41) is 4.08. The minimum Gasteiger partial charge on any atom is -0.367 e. The Morgan fingerprint density at radius 1 is 1.38 bits per heavy atom. The molecular weight excluding hydrogens is 270 g/mol. The van der Waals surface area contributed by atoms with Gasteiger partial charge in [-0.15, -0.1) is 0 Å². The highest BCUT2D eigenvalue weighted by atomic mass is 16.5. The van der Waals surface area contributed by atoms with Crippen LogP contribution in [0.25, 0.3) is 0 Å². The van der Waals surface area contributed by atoms with Crippen LogP contribution in [0.5, 0.6) is 0 Å². The molecule has 0 aliphatic carbocycles. The minimum atomic E-state index is -0.496. The van der Waals surface area contributed by atoms with Crippen LogP contribution in [0.15, 0.2) is 17.0 Å². The first kappa shape index (κ1) is 15.7. The molecular formula is C14H23N5O2. The Morgan fingerprint density at radius 2 is 2.14 bits per heavy atom. The molecule has 1 atom stereocenters. The fraction of sp³-hybridized carbons (Fsp3) is 0.643. The highest BCUT2D eigenvalue weighted by Gasteiger charge is 2.35. The molecule has 0 radical (unpaired) electrons. The van der Waals surface area contributed by atoms with Gasteiger partial charge in [0.2, 0.25) is 11.7 Å². The largest absolute Gasteiger partial charge is 0.367 e. The number of aromatic nitrogens is 4. The summed E-state index contributed by atoms with van der Waals surface area (Å²) < 4.78 is 11.2. The van der Waals surface area contributed by atoms with Crippen molar-refractivity contribution in [3.63, 3.8) is 0 Å². The van der Waals surface area contributed by atoms with Crippen molar-refractivity contribution in [1.29, 1.82) is 0 Å². The molecule has 0 saturated carbocycles. The quantitative estimate of drug-likeness (QED) is 0.772. The third kappa shape index (κ3) is 3.30. The van der Waals surface area contributed by atoms with Crippen LogP contribution in [-0.2, 0) is 16.8 Å². The third-order valence-electron chi connectivity index (χ3n) is 3.72. The third-order valence-corrected chi connectivity index (χ3v) is 3.72. The van der Waals surface area contributed by atoms with Gasteiger partial charge >= 0.3 is 0 Å². The average Bonchev–Trinajstić information content (AvgIpc) is 3.16. The van der Waals surface area contributed by atoms with Gasteiger partial charge in [0, 0.05) is 24.9 Å². The fourth-order valence-electron chi connectivity index (χ4n) is 2.40. The van der Waals surface area contributed by atoms with Crippen LogP contribution in [0.4, 0.5) is 0 Å². The van der Waals surface area contributed by atoms with Crippen molar-refractivity contribution in [3.8, 4) is 0 Å². The van der Waals surface area contributed by atoms with Crippen LogP contribution in [0.3, 0.4) is 0 Å². The van der Waals surface area contributed by atoms with Crippen molar-refractivity contribution in [2.24, 2.45) is 5.73 Å². The second-order valence-electron chi connectivity index (χ2n) is 4.98. The molecule has 0 fully saturated rings. The van der Waals surface area contributed by atoms with E-state index in [1.165, 1.54) is 0 Å². The average molecular weight is 293 g/mol. The van der Waals surface area contributed by atoms with E-state index in [9.17, 15) is 0 Å². The van der Waals surface area contributed by atoms with Gasteiger partial charge in [-0.25, -0.2) is 4.98 Å². The number of rotatable bonds is 8. The number of ether oxygens (including phenoxy) is 1. The number of nitrogens with two attached hydrogens (primary N) is 1. The first-order valence-electron chi connectivity index (χ1n) is 7.36. The highest BCUT2D eigenvalue weighted by Crippen LogP contribution is 2.31. The topological polar surface area (TPSA) is 103 Å². The molecule has 116 valence electrons. The summed E-state index contributed by atoms with van der Waals surface area (Å²) in [6.45, 7) is 6.68. The molecule has 0 unspecified atom stereocenters. The molecule has 2 heterocycles. The molecule has 7 nitrogen and oxygen atoms in total. The summed E-state index contributed by atoms with van der Waals surface area (Å²) in [6, 6.07) is -0.361. The predicted molar refractivity (Wildman–Crippen MR) is 77.4 cm³/mol. The molecule has 0 amide bonds. The van der Waals surface area contributed by atoms with Crippen LogP contribution in [0.1, 0.15) is 57.1 Å². The fourth-order valence-corrected chi connectivity index (χ4v) is 2.40. The van der Waals surface area contributed by atoms with E-state index < -0.39 is 5.60 Å². The van der Waals surface area contributed by atoms with Crippen molar-refractivity contribution in [1.82, 2.24) is 20.1 Å². The lowest BCUT2D eigenvalue weighted by Gasteiger charge is -2.27. The van der Waals surface area contributed by atoms with E-state index in [1.807, 2.05) is 6.92 Å². The molecule has 7 heteroatoms. The van der Waals surface area contributed by atoms with E-state index in [2.05, 4.69) is 34.0 Å². The maximum absolute atomic E-state index is 6.11. The molecule has 2 aromatic heterocycles. The van der Waals surface area contributed by atoms with Gasteiger partial charge in [0.25, 0.3) is 0 Å². The van der Waals surface area contributed by atoms with Crippen molar-refractivity contribution in [2.45, 2.75) is 51.7 Å². The standard InChI is InChI=1S/C14H23N5O2/c1-4-14(5-2,20-6-3)13-18-12(21-19-13)11(15)7-10-8-16-9-17-10/h8-9,11H,4-7,15H2,1-3H3,(H,16,17)/t11-/m0/s1. The Morgan fingerprint density at radius 3 is 2.71 bits per heavy atom. The van der Waals surface area contributed by atoms with Crippen LogP contribution < -0.4 is 5.73 Å². The molecule has 21 heavy (non-hydrogen) atoms. The summed E-state index contributed by atoms with van der Waals surface area (Å²) in [5.41, 5.74) is 6.55. The van der Waals surface area contributed by atoms with Gasteiger partial charge in [0.05, 0.1) is 12.4 Å². The lowest BCUT2D eigenvalue weighted by atomic mass is 9.96. The summed E-state index contributed by atoms with van der Waals surface area (Å²) in [4.78, 5) is 11.4. The van der Waals surface area contributed by atoms with Crippen LogP contribution in [-0.4, -0.2) is 26.7 Å². The van der Waals surface area contributed by atoms with Crippen molar-refractivity contribution < 1.29 is 9.26 Å². The van der Waals surface area contributed by atoms with E-state index >= 15 is 0 Å². The number of nitrogens with zero attached hydrogens (tertiary/aromatic N) is 3. The summed E-state index contributed by atoms with van der Waals surface area (Å²) in [6.07, 6.45) is 5.50. The highest BCUT2D eigenvalue weighted by molar-refractivity contribution is 5.06. The molecule has 0 saturated heterocycles. The van der Waals surface area contributed by atoms with Crippen LogP contribution >= 0.6 is 0 Å². The number of aromatic amines is 1. The Balaban J connectivity index is 2.16. The molecule has 0 aliphatic heterocycles. The van der Waals surface area contributed by atoms with Gasteiger partial charge in [0.1, 0.15) is 5.60 Å².